The lowest BCUT2D eigenvalue weighted by molar-refractivity contribution is -0.384. The van der Waals surface area contributed by atoms with E-state index < -0.39 is 14.9 Å². The maximum atomic E-state index is 11.2. The lowest BCUT2D eigenvalue weighted by atomic mass is 9.99. The smallest absolute Gasteiger partial charge is 0.271 e. The molecular weight excluding hydrogens is 318 g/mol. The van der Waals surface area contributed by atoms with E-state index in [1.165, 1.54) is 12.1 Å². The molecule has 0 bridgehead atoms. The highest BCUT2D eigenvalue weighted by molar-refractivity contribution is 7.89. The Balaban J connectivity index is 2.16. The number of hydrogen-bond donors (Lipinski definition) is 1. The Kier molecular flexibility index (Phi) is 4.70. The highest BCUT2D eigenvalue weighted by atomic mass is 35.5. The first kappa shape index (κ1) is 16.0. The summed E-state index contributed by atoms with van der Waals surface area (Å²) >= 11 is 6.10. The number of nitrogens with zero attached hydrogens (tertiary/aromatic N) is 2. The van der Waals surface area contributed by atoms with E-state index in [1.54, 1.807) is 6.07 Å². The Morgan fingerprint density at radius 3 is 2.76 bits per heavy atom. The van der Waals surface area contributed by atoms with Crippen LogP contribution in [0.15, 0.2) is 18.2 Å². The molecule has 0 aromatic heterocycles. The zero-order valence-electron chi connectivity index (χ0n) is 11.2. The standard InChI is InChI=1S/C12H16ClN3O4S/c13-11-6-10(16(17)18)3-4-12(11)15-5-1-2-9(7-15)8-21(14,19)20/h3-4,6,9H,1-2,5,7-8H2,(H2,14,19,20). The molecule has 1 aromatic rings. The summed E-state index contributed by atoms with van der Waals surface area (Å²) in [5.74, 6) is -0.117. The Hall–Kier alpha value is -1.38. The average Bonchev–Trinajstić information content (AvgIpc) is 2.36. The van der Waals surface area contributed by atoms with Gasteiger partial charge in [0.05, 0.1) is 21.4 Å². The van der Waals surface area contributed by atoms with E-state index in [4.69, 9.17) is 16.7 Å². The number of hydrogen-bond acceptors (Lipinski definition) is 5. The van der Waals surface area contributed by atoms with Crippen LogP contribution in [0.25, 0.3) is 0 Å². The predicted octanol–water partition coefficient (Wildman–Crippen LogP) is 1.75. The summed E-state index contributed by atoms with van der Waals surface area (Å²) < 4.78 is 22.4. The van der Waals surface area contributed by atoms with Crippen molar-refractivity contribution in [2.45, 2.75) is 12.8 Å². The van der Waals surface area contributed by atoms with E-state index in [-0.39, 0.29) is 17.4 Å². The van der Waals surface area contributed by atoms with Gasteiger partial charge < -0.3 is 4.90 Å². The van der Waals surface area contributed by atoms with Gasteiger partial charge in [0.2, 0.25) is 10.0 Å². The average molecular weight is 334 g/mol. The van der Waals surface area contributed by atoms with Gasteiger partial charge in [-0.15, -0.1) is 0 Å². The third-order valence-corrected chi connectivity index (χ3v) is 4.71. The molecule has 1 saturated heterocycles. The van der Waals surface area contributed by atoms with Crippen LogP contribution in [0.1, 0.15) is 12.8 Å². The molecule has 9 heteroatoms. The summed E-state index contributed by atoms with van der Waals surface area (Å²) in [4.78, 5) is 12.1. The third kappa shape index (κ3) is 4.29. The monoisotopic (exact) mass is 333 g/mol. The van der Waals surface area contributed by atoms with Crippen LogP contribution in [0.4, 0.5) is 11.4 Å². The number of primary sulfonamides is 1. The molecule has 2 rings (SSSR count). The summed E-state index contributed by atoms with van der Waals surface area (Å²) in [5, 5.41) is 16.1. The molecule has 21 heavy (non-hydrogen) atoms. The summed E-state index contributed by atoms with van der Waals surface area (Å²) in [5.41, 5.74) is 0.614. The molecule has 1 unspecified atom stereocenters. The van der Waals surface area contributed by atoms with Gasteiger partial charge in [0, 0.05) is 25.2 Å². The van der Waals surface area contributed by atoms with E-state index in [1.807, 2.05) is 4.90 Å². The first-order chi connectivity index (χ1) is 9.76. The van der Waals surface area contributed by atoms with Crippen molar-refractivity contribution in [1.82, 2.24) is 0 Å². The van der Waals surface area contributed by atoms with Gasteiger partial charge in [0.1, 0.15) is 0 Å². The fourth-order valence-corrected chi connectivity index (χ4v) is 3.84. The third-order valence-electron chi connectivity index (χ3n) is 3.47. The van der Waals surface area contributed by atoms with Gasteiger partial charge in [-0.3, -0.25) is 10.1 Å². The molecule has 1 aromatic carbocycles. The number of halogens is 1. The molecular formula is C12H16ClN3O4S. The van der Waals surface area contributed by atoms with E-state index in [0.717, 1.165) is 19.4 Å². The number of benzene rings is 1. The predicted molar refractivity (Wildman–Crippen MR) is 81.0 cm³/mol. The minimum Gasteiger partial charge on any atom is -0.370 e. The Morgan fingerprint density at radius 2 is 2.19 bits per heavy atom. The zero-order valence-corrected chi connectivity index (χ0v) is 12.8. The second kappa shape index (κ2) is 6.17. The summed E-state index contributed by atoms with van der Waals surface area (Å²) in [6, 6.07) is 4.30. The lowest BCUT2D eigenvalue weighted by Crippen LogP contribution is -2.39. The molecule has 2 N–H and O–H groups in total. The van der Waals surface area contributed by atoms with E-state index in [2.05, 4.69) is 0 Å². The first-order valence-electron chi connectivity index (χ1n) is 6.45. The molecule has 1 aliphatic rings. The van der Waals surface area contributed by atoms with Crippen LogP contribution in [0.3, 0.4) is 0 Å². The van der Waals surface area contributed by atoms with Gasteiger partial charge >= 0.3 is 0 Å². The molecule has 0 amide bonds. The van der Waals surface area contributed by atoms with Crippen molar-refractivity contribution in [3.8, 4) is 0 Å². The van der Waals surface area contributed by atoms with Crippen molar-refractivity contribution in [2.24, 2.45) is 11.1 Å². The Bertz CT molecular complexity index is 650. The molecule has 1 aliphatic heterocycles. The largest absolute Gasteiger partial charge is 0.370 e. The first-order valence-corrected chi connectivity index (χ1v) is 8.55. The van der Waals surface area contributed by atoms with Crippen LogP contribution in [-0.2, 0) is 10.0 Å². The topological polar surface area (TPSA) is 107 Å². The second-order valence-corrected chi connectivity index (χ2v) is 7.24. The van der Waals surface area contributed by atoms with Crippen LogP contribution >= 0.6 is 11.6 Å². The van der Waals surface area contributed by atoms with E-state index in [9.17, 15) is 18.5 Å². The van der Waals surface area contributed by atoms with Gasteiger partial charge in [-0.2, -0.15) is 0 Å². The molecule has 1 atom stereocenters. The van der Waals surface area contributed by atoms with Crippen LogP contribution in [0, 0.1) is 16.0 Å². The summed E-state index contributed by atoms with van der Waals surface area (Å²) in [6.45, 7) is 1.26. The zero-order chi connectivity index (χ0) is 15.6. The van der Waals surface area contributed by atoms with Gasteiger partial charge in [0.25, 0.3) is 5.69 Å². The fraction of sp³-hybridized carbons (Fsp3) is 0.500. The SMILES string of the molecule is NS(=O)(=O)CC1CCCN(c2ccc([N+](=O)[O-])cc2Cl)C1. The number of piperidine rings is 1. The number of sulfonamides is 1. The maximum absolute atomic E-state index is 11.2. The van der Waals surface area contributed by atoms with Crippen molar-refractivity contribution in [3.05, 3.63) is 33.3 Å². The summed E-state index contributed by atoms with van der Waals surface area (Å²) in [6.07, 6.45) is 1.62. The molecule has 0 spiro atoms. The van der Waals surface area contributed by atoms with Gasteiger partial charge in [0.15, 0.2) is 0 Å². The van der Waals surface area contributed by atoms with Gasteiger partial charge in [-0.05, 0) is 24.8 Å². The fourth-order valence-electron chi connectivity index (χ4n) is 2.61. The number of nitro benzene ring substituents is 1. The quantitative estimate of drug-likeness (QED) is 0.667. The molecule has 0 aliphatic carbocycles. The molecule has 1 fully saturated rings. The van der Waals surface area contributed by atoms with Crippen molar-refractivity contribution in [2.75, 3.05) is 23.7 Å². The molecule has 0 radical (unpaired) electrons. The number of anilines is 1. The summed E-state index contributed by atoms with van der Waals surface area (Å²) in [7, 11) is -3.51. The maximum Gasteiger partial charge on any atom is 0.271 e. The Labute approximate surface area is 127 Å². The van der Waals surface area contributed by atoms with Crippen LogP contribution < -0.4 is 10.0 Å². The van der Waals surface area contributed by atoms with Crippen molar-refractivity contribution < 1.29 is 13.3 Å². The minimum absolute atomic E-state index is 0.0555. The Morgan fingerprint density at radius 1 is 1.48 bits per heavy atom. The molecule has 7 nitrogen and oxygen atoms in total. The molecule has 1 heterocycles. The van der Waals surface area contributed by atoms with Crippen LogP contribution in [-0.4, -0.2) is 32.2 Å². The van der Waals surface area contributed by atoms with Crippen LogP contribution in [0.5, 0.6) is 0 Å². The van der Waals surface area contributed by atoms with Crippen molar-refractivity contribution in [3.63, 3.8) is 0 Å². The number of non-ortho nitro benzene ring substituents is 1. The highest BCUT2D eigenvalue weighted by Crippen LogP contribution is 2.32. The normalized spacial score (nSPS) is 19.5. The number of nitro groups is 1. The van der Waals surface area contributed by atoms with E-state index >= 15 is 0 Å². The molecule has 116 valence electrons. The van der Waals surface area contributed by atoms with Crippen molar-refractivity contribution in [1.29, 1.82) is 0 Å². The van der Waals surface area contributed by atoms with E-state index in [0.29, 0.717) is 17.3 Å². The van der Waals surface area contributed by atoms with Crippen molar-refractivity contribution >= 4 is 33.0 Å². The lowest BCUT2D eigenvalue weighted by Gasteiger charge is -2.34. The van der Waals surface area contributed by atoms with Gasteiger partial charge in [-0.25, -0.2) is 13.6 Å². The van der Waals surface area contributed by atoms with Gasteiger partial charge in [-0.1, -0.05) is 11.6 Å². The highest BCUT2D eigenvalue weighted by Gasteiger charge is 2.25. The van der Waals surface area contributed by atoms with Crippen LogP contribution in [0.2, 0.25) is 5.02 Å². The second-order valence-electron chi connectivity index (χ2n) is 5.18. The number of rotatable bonds is 4. The number of nitrogens with two attached hydrogens (primary N) is 1. The molecule has 0 saturated carbocycles. The minimum atomic E-state index is -3.51.